The molecule has 0 heterocycles. The maximum Gasteiger partial charge on any atom is 0.325 e. The minimum absolute atomic E-state index is 0.0591. The number of allylic oxidation sites excluding steroid dienone is 1. The van der Waals surface area contributed by atoms with Crippen molar-refractivity contribution in [1.82, 2.24) is 5.32 Å². The number of nitrogens with one attached hydrogen (secondary N) is 1. The van der Waals surface area contributed by atoms with Crippen molar-refractivity contribution in [1.29, 1.82) is 0 Å². The van der Waals surface area contributed by atoms with Gasteiger partial charge in [-0.2, -0.15) is 0 Å². The Morgan fingerprint density at radius 2 is 2.05 bits per heavy atom. The number of aliphatic imine (C=N–C) groups is 1. The van der Waals surface area contributed by atoms with Gasteiger partial charge in [0.15, 0.2) is 5.76 Å². The number of aliphatic hydroxyl groups is 2. The van der Waals surface area contributed by atoms with Crippen LogP contribution in [0.25, 0.3) is 0 Å². The number of carbonyl (C=O) groups is 2. The van der Waals surface area contributed by atoms with Gasteiger partial charge in [0.2, 0.25) is 0 Å². The Morgan fingerprint density at radius 1 is 1.41 bits per heavy atom. The summed E-state index contributed by atoms with van der Waals surface area (Å²) in [5, 5.41) is 40.0. The minimum Gasteiger partial charge on any atom is -0.493 e. The van der Waals surface area contributed by atoms with Gasteiger partial charge < -0.3 is 30.5 Å². The van der Waals surface area contributed by atoms with Gasteiger partial charge in [0.1, 0.15) is 12.6 Å². The van der Waals surface area contributed by atoms with Crippen molar-refractivity contribution < 1.29 is 34.8 Å². The molecule has 0 radical (unpaired) electrons. The lowest BCUT2D eigenvalue weighted by molar-refractivity contribution is -0.139. The first-order valence-corrected chi connectivity index (χ1v) is 6.57. The Hall–Kier alpha value is -2.13. The average molecular weight is 316 g/mol. The number of carboxylic acid groups (broad SMARTS) is 2. The van der Waals surface area contributed by atoms with E-state index in [-0.39, 0.29) is 30.0 Å². The molecule has 124 valence electrons. The molecular weight excluding hydrogens is 296 g/mol. The van der Waals surface area contributed by atoms with E-state index in [9.17, 15) is 19.8 Å². The summed E-state index contributed by atoms with van der Waals surface area (Å²) in [6.07, 6.45) is -0.150. The van der Waals surface area contributed by atoms with Gasteiger partial charge in [0.05, 0.1) is 30.7 Å². The van der Waals surface area contributed by atoms with Crippen molar-refractivity contribution in [3.8, 4) is 0 Å². The predicted octanol–water partition coefficient (Wildman–Crippen LogP) is -1.05. The van der Waals surface area contributed by atoms with Crippen LogP contribution in [0.15, 0.2) is 16.4 Å². The second-order valence-electron chi connectivity index (χ2n) is 5.11. The Kier molecular flexibility index (Phi) is 5.89. The zero-order chi connectivity index (χ0) is 16.9. The van der Waals surface area contributed by atoms with Gasteiger partial charge in [0.25, 0.3) is 0 Å². The average Bonchev–Trinajstić information content (AvgIpc) is 2.44. The molecule has 0 spiro atoms. The molecule has 0 saturated carbocycles. The molecule has 22 heavy (non-hydrogen) atoms. The maximum absolute atomic E-state index is 10.9. The number of aliphatic carboxylic acids is 2. The molecular formula is C13H20N2O7. The molecule has 5 N–H and O–H groups in total. The van der Waals surface area contributed by atoms with E-state index in [0.717, 1.165) is 0 Å². The number of nitrogens with zero attached hydrogens (tertiary/aromatic N) is 1. The van der Waals surface area contributed by atoms with Crippen molar-refractivity contribution in [2.75, 3.05) is 20.3 Å². The molecule has 2 atom stereocenters. The van der Waals surface area contributed by atoms with E-state index in [1.165, 1.54) is 14.0 Å². The highest BCUT2D eigenvalue weighted by Crippen LogP contribution is 2.30. The molecule has 9 heteroatoms. The van der Waals surface area contributed by atoms with Crippen LogP contribution in [-0.2, 0) is 14.3 Å². The van der Waals surface area contributed by atoms with Crippen LogP contribution in [0.3, 0.4) is 0 Å². The third-order valence-electron chi connectivity index (χ3n) is 3.20. The molecule has 0 saturated heterocycles. The summed E-state index contributed by atoms with van der Waals surface area (Å²) in [5.41, 5.74) is -1.14. The van der Waals surface area contributed by atoms with Gasteiger partial charge in [0, 0.05) is 12.8 Å². The topological polar surface area (TPSA) is 149 Å². The molecule has 0 aromatic heterocycles. The van der Waals surface area contributed by atoms with Crippen LogP contribution in [0.1, 0.15) is 19.8 Å². The van der Waals surface area contributed by atoms with E-state index < -0.39 is 36.7 Å². The van der Waals surface area contributed by atoms with E-state index in [1.807, 2.05) is 0 Å². The molecule has 1 rings (SSSR count). The quantitative estimate of drug-likeness (QED) is 0.399. The Bertz CT molecular complexity index is 515. The molecule has 0 aliphatic heterocycles. The second-order valence-corrected chi connectivity index (χ2v) is 5.11. The highest BCUT2D eigenvalue weighted by atomic mass is 16.5. The fourth-order valence-electron chi connectivity index (χ4n) is 2.12. The molecule has 1 aliphatic carbocycles. The third kappa shape index (κ3) is 4.43. The number of aliphatic hydroxyl groups excluding tert-OH is 1. The lowest BCUT2D eigenvalue weighted by Gasteiger charge is -2.34. The summed E-state index contributed by atoms with van der Waals surface area (Å²) < 4.78 is 5.17. The smallest absolute Gasteiger partial charge is 0.325 e. The van der Waals surface area contributed by atoms with Gasteiger partial charge in [-0.25, -0.2) is 0 Å². The van der Waals surface area contributed by atoms with Crippen molar-refractivity contribution >= 4 is 17.7 Å². The fraction of sp³-hybridized carbons (Fsp3) is 0.615. The highest BCUT2D eigenvalue weighted by Gasteiger charge is 2.38. The number of carboxylic acids is 2. The third-order valence-corrected chi connectivity index (χ3v) is 3.20. The van der Waals surface area contributed by atoms with Crippen LogP contribution >= 0.6 is 0 Å². The van der Waals surface area contributed by atoms with E-state index in [0.29, 0.717) is 0 Å². The lowest BCUT2D eigenvalue weighted by atomic mass is 9.85. The molecule has 0 fully saturated rings. The first kappa shape index (κ1) is 17.9. The van der Waals surface area contributed by atoms with Gasteiger partial charge in [-0.15, -0.1) is 0 Å². The number of hydrogen-bond donors (Lipinski definition) is 5. The molecule has 1 aliphatic rings. The molecule has 2 unspecified atom stereocenters. The van der Waals surface area contributed by atoms with E-state index in [1.54, 1.807) is 0 Å². The highest BCUT2D eigenvalue weighted by molar-refractivity contribution is 6.01. The van der Waals surface area contributed by atoms with Gasteiger partial charge >= 0.3 is 11.9 Å². The number of ether oxygens (including phenoxy) is 1. The van der Waals surface area contributed by atoms with Gasteiger partial charge in [-0.1, -0.05) is 0 Å². The van der Waals surface area contributed by atoms with E-state index in [2.05, 4.69) is 10.3 Å². The van der Waals surface area contributed by atoms with Crippen molar-refractivity contribution in [2.45, 2.75) is 31.4 Å². The summed E-state index contributed by atoms with van der Waals surface area (Å²) in [6.45, 7) is 0.303. The molecule has 0 aromatic carbocycles. The summed E-state index contributed by atoms with van der Waals surface area (Å²) in [4.78, 5) is 25.5. The monoisotopic (exact) mass is 316 g/mol. The number of hydrogen-bond acceptors (Lipinski definition) is 7. The standard InChI is InChI=1S/C13H20N2O7/c1-7(12(19)20)15-9-4-13(21,6-16)3-8(11(9)22-2)14-5-10(17)18/h7,15-16,21H,3-6H2,1-2H3,(H,17,18)(H,19,20). The summed E-state index contributed by atoms with van der Waals surface area (Å²) >= 11 is 0. The van der Waals surface area contributed by atoms with Gasteiger partial charge in [-0.05, 0) is 6.92 Å². The van der Waals surface area contributed by atoms with Crippen LogP contribution in [0.5, 0.6) is 0 Å². The van der Waals surface area contributed by atoms with Crippen LogP contribution in [0.2, 0.25) is 0 Å². The predicted molar refractivity (Wildman–Crippen MR) is 75.5 cm³/mol. The number of rotatable bonds is 7. The summed E-state index contributed by atoms with van der Waals surface area (Å²) in [6, 6.07) is -0.957. The van der Waals surface area contributed by atoms with E-state index in [4.69, 9.17) is 14.9 Å². The maximum atomic E-state index is 10.9. The van der Waals surface area contributed by atoms with E-state index >= 15 is 0 Å². The first-order chi connectivity index (χ1) is 10.2. The van der Waals surface area contributed by atoms with Crippen LogP contribution in [0.4, 0.5) is 0 Å². The van der Waals surface area contributed by atoms with Crippen molar-refractivity contribution in [3.63, 3.8) is 0 Å². The Balaban J connectivity index is 3.21. The second kappa shape index (κ2) is 7.23. The van der Waals surface area contributed by atoms with Crippen molar-refractivity contribution in [2.24, 2.45) is 4.99 Å². The Morgan fingerprint density at radius 3 is 2.50 bits per heavy atom. The van der Waals surface area contributed by atoms with Crippen LogP contribution in [0, 0.1) is 0 Å². The van der Waals surface area contributed by atoms with Gasteiger partial charge in [-0.3, -0.25) is 14.6 Å². The molecule has 9 nitrogen and oxygen atoms in total. The molecule has 0 amide bonds. The fourth-order valence-corrected chi connectivity index (χ4v) is 2.12. The first-order valence-electron chi connectivity index (χ1n) is 6.57. The SMILES string of the molecule is COC1=C(NC(C)C(=O)O)CC(O)(CO)CC1=NCC(=O)O. The van der Waals surface area contributed by atoms with Crippen LogP contribution < -0.4 is 5.32 Å². The Labute approximate surface area is 126 Å². The number of methoxy groups -OCH3 is 1. The van der Waals surface area contributed by atoms with Crippen molar-refractivity contribution in [3.05, 3.63) is 11.5 Å². The zero-order valence-corrected chi connectivity index (χ0v) is 12.4. The largest absolute Gasteiger partial charge is 0.493 e. The normalized spacial score (nSPS) is 25.0. The lowest BCUT2D eigenvalue weighted by Crippen LogP contribution is -2.46. The molecule has 0 bridgehead atoms. The summed E-state index contributed by atoms with van der Waals surface area (Å²) in [5.74, 6) is -2.08. The molecule has 0 aromatic rings. The summed E-state index contributed by atoms with van der Waals surface area (Å²) in [7, 11) is 1.34. The minimum atomic E-state index is -1.56. The zero-order valence-electron chi connectivity index (χ0n) is 12.4. The van der Waals surface area contributed by atoms with Crippen LogP contribution in [-0.4, -0.2) is 70.0 Å².